The number of hydrogen-bond acceptors (Lipinski definition) is 4. The monoisotopic (exact) mass is 391 g/mol. The maximum atomic E-state index is 14.3. The van der Waals surface area contributed by atoms with Crippen molar-refractivity contribution in [3.8, 4) is 5.75 Å². The van der Waals surface area contributed by atoms with Crippen LogP contribution in [0.1, 0.15) is 16.7 Å². The largest absolute Gasteiger partial charge is 0.496 e. The second kappa shape index (κ2) is 8.08. The zero-order valence-corrected chi connectivity index (χ0v) is 15.5. The van der Waals surface area contributed by atoms with Crippen LogP contribution in [0.2, 0.25) is 5.02 Å². The van der Waals surface area contributed by atoms with Crippen molar-refractivity contribution in [1.82, 2.24) is 4.57 Å². The van der Waals surface area contributed by atoms with Crippen LogP contribution in [-0.2, 0) is 19.6 Å². The molecule has 2 aromatic carbocycles. The summed E-state index contributed by atoms with van der Waals surface area (Å²) in [6.07, 6.45) is 1.71. The van der Waals surface area contributed by atoms with Crippen molar-refractivity contribution in [2.24, 2.45) is 0 Å². The van der Waals surface area contributed by atoms with Gasteiger partial charge in [0.05, 0.1) is 30.9 Å². The molecule has 0 spiro atoms. The van der Waals surface area contributed by atoms with Gasteiger partial charge in [0, 0.05) is 36.2 Å². The zero-order valence-electron chi connectivity index (χ0n) is 14.7. The van der Waals surface area contributed by atoms with Crippen molar-refractivity contribution < 1.29 is 19.3 Å². The first-order valence-corrected chi connectivity index (χ1v) is 8.75. The summed E-state index contributed by atoms with van der Waals surface area (Å²) in [5.41, 5.74) is 1.49. The van der Waals surface area contributed by atoms with Gasteiger partial charge in [-0.2, -0.15) is 0 Å². The predicted molar refractivity (Wildman–Crippen MR) is 102 cm³/mol. The predicted octanol–water partition coefficient (Wildman–Crippen LogP) is 2.88. The van der Waals surface area contributed by atoms with Gasteiger partial charge < -0.3 is 19.5 Å². The number of benzene rings is 2. The van der Waals surface area contributed by atoms with Gasteiger partial charge in [-0.05, 0) is 23.3 Å². The molecule has 0 aliphatic carbocycles. The molecule has 142 valence electrons. The third-order valence-corrected chi connectivity index (χ3v) is 4.77. The van der Waals surface area contributed by atoms with Crippen molar-refractivity contribution in [3.63, 3.8) is 0 Å². The number of pyridine rings is 1. The Morgan fingerprint density at radius 3 is 2.63 bits per heavy atom. The molecule has 0 saturated heterocycles. The minimum Gasteiger partial charge on any atom is -0.496 e. The highest BCUT2D eigenvalue weighted by molar-refractivity contribution is 6.30. The SMILES string of the molecule is COc1cc2c(cc1Cc1cccc(Cl)c1F)c(=O)c(CO)cn2CCO. The van der Waals surface area contributed by atoms with Gasteiger partial charge in [0.1, 0.15) is 11.6 Å². The number of aromatic nitrogens is 1. The molecule has 1 aromatic heterocycles. The van der Waals surface area contributed by atoms with E-state index in [0.717, 1.165) is 0 Å². The van der Waals surface area contributed by atoms with Gasteiger partial charge in [0.2, 0.25) is 0 Å². The fourth-order valence-corrected chi connectivity index (χ4v) is 3.34. The number of ether oxygens (including phenoxy) is 1. The Bertz CT molecular complexity index is 1050. The lowest BCUT2D eigenvalue weighted by molar-refractivity contribution is 0.271. The van der Waals surface area contributed by atoms with Gasteiger partial charge >= 0.3 is 0 Å². The Hall–Kier alpha value is -2.41. The maximum Gasteiger partial charge on any atom is 0.194 e. The van der Waals surface area contributed by atoms with Crippen LogP contribution < -0.4 is 10.2 Å². The molecule has 0 amide bonds. The number of methoxy groups -OCH3 is 1. The topological polar surface area (TPSA) is 71.7 Å². The van der Waals surface area contributed by atoms with Crippen LogP contribution in [0.15, 0.2) is 41.3 Å². The second-order valence-corrected chi connectivity index (χ2v) is 6.54. The van der Waals surface area contributed by atoms with E-state index in [0.29, 0.717) is 27.8 Å². The van der Waals surface area contributed by atoms with E-state index >= 15 is 0 Å². The van der Waals surface area contributed by atoms with Crippen LogP contribution in [0.5, 0.6) is 5.75 Å². The lowest BCUT2D eigenvalue weighted by Gasteiger charge is -2.16. The Morgan fingerprint density at radius 1 is 1.19 bits per heavy atom. The van der Waals surface area contributed by atoms with Crippen LogP contribution in [0, 0.1) is 5.82 Å². The molecule has 1 heterocycles. The molecule has 0 radical (unpaired) electrons. The first-order chi connectivity index (χ1) is 13.0. The molecular weight excluding hydrogens is 373 g/mol. The van der Waals surface area contributed by atoms with Crippen molar-refractivity contribution in [2.75, 3.05) is 13.7 Å². The summed E-state index contributed by atoms with van der Waals surface area (Å²) in [7, 11) is 1.50. The number of aliphatic hydroxyl groups is 2. The van der Waals surface area contributed by atoms with Gasteiger partial charge in [-0.25, -0.2) is 4.39 Å². The highest BCUT2D eigenvalue weighted by Gasteiger charge is 2.15. The number of hydrogen-bond donors (Lipinski definition) is 2. The van der Waals surface area contributed by atoms with E-state index in [-0.39, 0.29) is 35.6 Å². The number of aliphatic hydroxyl groups excluding tert-OH is 2. The Balaban J connectivity index is 2.23. The van der Waals surface area contributed by atoms with Gasteiger partial charge in [-0.15, -0.1) is 0 Å². The summed E-state index contributed by atoms with van der Waals surface area (Å²) < 4.78 is 21.4. The van der Waals surface area contributed by atoms with Crippen LogP contribution >= 0.6 is 11.6 Å². The molecule has 0 bridgehead atoms. The molecule has 7 heteroatoms. The van der Waals surface area contributed by atoms with Gasteiger partial charge in [0.25, 0.3) is 0 Å². The van der Waals surface area contributed by atoms with Crippen molar-refractivity contribution >= 4 is 22.5 Å². The Labute approximate surface area is 160 Å². The van der Waals surface area contributed by atoms with Gasteiger partial charge in [0.15, 0.2) is 5.43 Å². The number of halogens is 2. The third kappa shape index (κ3) is 3.69. The molecule has 0 fully saturated rings. The van der Waals surface area contributed by atoms with E-state index in [9.17, 15) is 19.4 Å². The minimum atomic E-state index is -0.511. The van der Waals surface area contributed by atoms with Crippen molar-refractivity contribution in [3.05, 3.63) is 74.3 Å². The summed E-state index contributed by atoms with van der Waals surface area (Å²) >= 11 is 5.86. The van der Waals surface area contributed by atoms with Gasteiger partial charge in [-0.3, -0.25) is 4.79 Å². The van der Waals surface area contributed by atoms with Crippen LogP contribution in [0.3, 0.4) is 0 Å². The maximum absolute atomic E-state index is 14.3. The third-order valence-electron chi connectivity index (χ3n) is 4.48. The summed E-state index contributed by atoms with van der Waals surface area (Å²) in [5, 5.41) is 19.2. The molecule has 0 aliphatic heterocycles. The van der Waals surface area contributed by atoms with E-state index in [2.05, 4.69) is 0 Å². The van der Waals surface area contributed by atoms with Crippen molar-refractivity contribution in [1.29, 1.82) is 0 Å². The quantitative estimate of drug-likeness (QED) is 0.677. The highest BCUT2D eigenvalue weighted by Crippen LogP contribution is 2.29. The van der Waals surface area contributed by atoms with Crippen LogP contribution in [0.4, 0.5) is 4.39 Å². The van der Waals surface area contributed by atoms with E-state index in [4.69, 9.17) is 16.3 Å². The Morgan fingerprint density at radius 2 is 1.96 bits per heavy atom. The molecule has 3 aromatic rings. The summed E-state index contributed by atoms with van der Waals surface area (Å²) in [4.78, 5) is 12.7. The average molecular weight is 392 g/mol. The second-order valence-electron chi connectivity index (χ2n) is 6.13. The molecule has 0 aliphatic rings. The fourth-order valence-electron chi connectivity index (χ4n) is 3.15. The highest BCUT2D eigenvalue weighted by atomic mass is 35.5. The molecule has 0 saturated carbocycles. The number of nitrogens with zero attached hydrogens (tertiary/aromatic N) is 1. The van der Waals surface area contributed by atoms with Crippen LogP contribution in [0.25, 0.3) is 10.9 Å². The van der Waals surface area contributed by atoms with E-state index in [1.807, 2.05) is 0 Å². The molecule has 0 unspecified atom stereocenters. The average Bonchev–Trinajstić information content (AvgIpc) is 2.67. The lowest BCUT2D eigenvalue weighted by atomic mass is 10.00. The summed E-state index contributed by atoms with van der Waals surface area (Å²) in [5.74, 6) is -0.0205. The first-order valence-electron chi connectivity index (χ1n) is 8.37. The molecular formula is C20H19ClFNO4. The summed E-state index contributed by atoms with van der Waals surface area (Å²) in [6, 6.07) is 8.08. The standard InChI is InChI=1S/C20H19ClFNO4/c1-27-18-9-17-15(20(26)14(11-25)10-23(17)5-6-24)8-13(18)7-12-3-2-4-16(21)19(12)22/h2-4,8-10,24-25H,5-7,11H2,1H3. The van der Waals surface area contributed by atoms with E-state index < -0.39 is 12.4 Å². The molecule has 5 nitrogen and oxygen atoms in total. The normalized spacial score (nSPS) is 11.1. The lowest BCUT2D eigenvalue weighted by Crippen LogP contribution is -2.16. The molecule has 2 N–H and O–H groups in total. The molecule has 0 atom stereocenters. The molecule has 27 heavy (non-hydrogen) atoms. The van der Waals surface area contributed by atoms with Crippen LogP contribution in [-0.4, -0.2) is 28.5 Å². The fraction of sp³-hybridized carbons (Fsp3) is 0.250. The van der Waals surface area contributed by atoms with E-state index in [1.54, 1.807) is 28.8 Å². The summed E-state index contributed by atoms with van der Waals surface area (Å²) in [6.45, 7) is -0.277. The smallest absolute Gasteiger partial charge is 0.194 e. The number of rotatable bonds is 6. The number of fused-ring (bicyclic) bond motifs is 1. The van der Waals surface area contributed by atoms with Gasteiger partial charge in [-0.1, -0.05) is 23.7 Å². The Kier molecular flexibility index (Phi) is 5.79. The zero-order chi connectivity index (χ0) is 19.6. The first kappa shape index (κ1) is 19.4. The minimum absolute atomic E-state index is 0.0279. The van der Waals surface area contributed by atoms with E-state index in [1.165, 1.54) is 19.4 Å². The molecule has 3 rings (SSSR count). The van der Waals surface area contributed by atoms with Crippen molar-refractivity contribution in [2.45, 2.75) is 19.6 Å².